The number of nitriles is 1. The summed E-state index contributed by atoms with van der Waals surface area (Å²) >= 11 is 0. The first-order valence-corrected chi connectivity index (χ1v) is 10.9. The van der Waals surface area contributed by atoms with Gasteiger partial charge in [-0.05, 0) is 54.4 Å². The standard InChI is InChI=1S/C27H27FN4O2/c1-20-6-12-25(13-7-20)30-26(33)18-31(2)27(34)19-32(17-23-4-3-5-24(28)14-23)16-22-10-8-21(15-29)9-11-22/h3-14H,16-19H2,1-2H3,(H,30,33). The molecule has 34 heavy (non-hydrogen) atoms. The zero-order valence-corrected chi connectivity index (χ0v) is 19.3. The van der Waals surface area contributed by atoms with Crippen molar-refractivity contribution in [2.45, 2.75) is 20.0 Å². The molecule has 6 nitrogen and oxygen atoms in total. The second-order valence-electron chi connectivity index (χ2n) is 8.25. The number of likely N-dealkylation sites (N-methyl/N-ethyl adjacent to an activating group) is 1. The van der Waals surface area contributed by atoms with Gasteiger partial charge in [-0.15, -0.1) is 0 Å². The van der Waals surface area contributed by atoms with Crippen LogP contribution in [0.25, 0.3) is 0 Å². The molecular weight excluding hydrogens is 431 g/mol. The molecule has 0 unspecified atom stereocenters. The van der Waals surface area contributed by atoms with E-state index in [1.54, 1.807) is 31.3 Å². The van der Waals surface area contributed by atoms with Gasteiger partial charge in [0.25, 0.3) is 0 Å². The van der Waals surface area contributed by atoms with Gasteiger partial charge in [0.15, 0.2) is 0 Å². The molecule has 0 aliphatic carbocycles. The van der Waals surface area contributed by atoms with E-state index in [1.165, 1.54) is 17.0 Å². The van der Waals surface area contributed by atoms with Crippen molar-refractivity contribution >= 4 is 17.5 Å². The first-order valence-electron chi connectivity index (χ1n) is 10.9. The largest absolute Gasteiger partial charge is 0.335 e. The average Bonchev–Trinajstić information content (AvgIpc) is 2.81. The lowest BCUT2D eigenvalue weighted by molar-refractivity contribution is -0.134. The van der Waals surface area contributed by atoms with Gasteiger partial charge in [0, 0.05) is 25.8 Å². The number of hydrogen-bond donors (Lipinski definition) is 1. The first kappa shape index (κ1) is 24.6. The quantitative estimate of drug-likeness (QED) is 0.524. The predicted molar refractivity (Wildman–Crippen MR) is 129 cm³/mol. The second kappa shape index (κ2) is 11.7. The Kier molecular flexibility index (Phi) is 8.49. The summed E-state index contributed by atoms with van der Waals surface area (Å²) in [5.74, 6) is -0.861. The maximum Gasteiger partial charge on any atom is 0.243 e. The molecule has 0 radical (unpaired) electrons. The van der Waals surface area contributed by atoms with Crippen LogP contribution in [0, 0.1) is 24.1 Å². The number of anilines is 1. The minimum absolute atomic E-state index is 0.0465. The van der Waals surface area contributed by atoms with Crippen LogP contribution in [-0.2, 0) is 22.7 Å². The van der Waals surface area contributed by atoms with Gasteiger partial charge in [-0.1, -0.05) is 42.0 Å². The zero-order chi connectivity index (χ0) is 24.5. The molecule has 0 saturated carbocycles. The zero-order valence-electron chi connectivity index (χ0n) is 19.3. The number of carbonyl (C=O) groups is 2. The van der Waals surface area contributed by atoms with Crippen molar-refractivity contribution in [2.24, 2.45) is 0 Å². The van der Waals surface area contributed by atoms with Crippen molar-refractivity contribution in [3.05, 3.63) is 101 Å². The number of hydrogen-bond acceptors (Lipinski definition) is 4. The molecule has 174 valence electrons. The number of benzene rings is 3. The van der Waals surface area contributed by atoms with E-state index in [1.807, 2.05) is 48.2 Å². The van der Waals surface area contributed by atoms with Crippen LogP contribution in [-0.4, -0.2) is 41.8 Å². The fourth-order valence-electron chi connectivity index (χ4n) is 3.46. The topological polar surface area (TPSA) is 76.4 Å². The van der Waals surface area contributed by atoms with Crippen LogP contribution in [0.1, 0.15) is 22.3 Å². The summed E-state index contributed by atoms with van der Waals surface area (Å²) < 4.78 is 13.7. The van der Waals surface area contributed by atoms with Crippen LogP contribution >= 0.6 is 0 Å². The van der Waals surface area contributed by atoms with Crippen molar-refractivity contribution in [1.82, 2.24) is 9.80 Å². The van der Waals surface area contributed by atoms with E-state index < -0.39 is 0 Å². The third-order valence-corrected chi connectivity index (χ3v) is 5.29. The van der Waals surface area contributed by atoms with E-state index in [-0.39, 0.29) is 30.7 Å². The van der Waals surface area contributed by atoms with Gasteiger partial charge in [0.2, 0.25) is 11.8 Å². The van der Waals surface area contributed by atoms with E-state index >= 15 is 0 Å². The lowest BCUT2D eigenvalue weighted by atomic mass is 10.1. The molecule has 0 aromatic heterocycles. The summed E-state index contributed by atoms with van der Waals surface area (Å²) in [7, 11) is 1.58. The van der Waals surface area contributed by atoms with Gasteiger partial charge < -0.3 is 10.2 Å². The van der Waals surface area contributed by atoms with E-state index in [9.17, 15) is 14.0 Å². The van der Waals surface area contributed by atoms with Crippen LogP contribution in [0.5, 0.6) is 0 Å². The number of rotatable bonds is 9. The van der Waals surface area contributed by atoms with Crippen LogP contribution in [0.2, 0.25) is 0 Å². The SMILES string of the molecule is Cc1ccc(NC(=O)CN(C)C(=O)CN(Cc2ccc(C#N)cc2)Cc2cccc(F)c2)cc1. The van der Waals surface area contributed by atoms with E-state index in [2.05, 4.69) is 11.4 Å². The van der Waals surface area contributed by atoms with E-state index in [0.29, 0.717) is 24.3 Å². The maximum absolute atomic E-state index is 13.7. The minimum Gasteiger partial charge on any atom is -0.335 e. The predicted octanol–water partition coefficient (Wildman–Crippen LogP) is 4.11. The lowest BCUT2D eigenvalue weighted by Crippen LogP contribution is -2.41. The Morgan fingerprint density at radius 3 is 2.26 bits per heavy atom. The van der Waals surface area contributed by atoms with Gasteiger partial charge in [-0.25, -0.2) is 4.39 Å². The molecule has 0 fully saturated rings. The molecule has 0 bridgehead atoms. The normalized spacial score (nSPS) is 10.6. The highest BCUT2D eigenvalue weighted by atomic mass is 19.1. The van der Waals surface area contributed by atoms with Crippen LogP contribution in [0.4, 0.5) is 10.1 Å². The fraction of sp³-hybridized carbons (Fsp3) is 0.222. The van der Waals surface area contributed by atoms with Gasteiger partial charge in [0.1, 0.15) is 5.82 Å². The number of nitrogens with zero attached hydrogens (tertiary/aromatic N) is 3. The van der Waals surface area contributed by atoms with Crippen LogP contribution < -0.4 is 5.32 Å². The molecule has 1 N–H and O–H groups in total. The summed E-state index contributed by atoms with van der Waals surface area (Å²) in [4.78, 5) is 28.6. The summed E-state index contributed by atoms with van der Waals surface area (Å²) in [6, 6.07) is 22.9. The minimum atomic E-state index is -0.341. The third kappa shape index (κ3) is 7.54. The molecular formula is C27H27FN4O2. The maximum atomic E-state index is 13.7. The molecule has 0 saturated heterocycles. The van der Waals surface area contributed by atoms with Crippen LogP contribution in [0.15, 0.2) is 72.8 Å². The molecule has 0 aliphatic rings. The highest BCUT2D eigenvalue weighted by molar-refractivity contribution is 5.94. The molecule has 3 aromatic carbocycles. The Bertz CT molecular complexity index is 1170. The van der Waals surface area contributed by atoms with Crippen molar-refractivity contribution in [3.8, 4) is 6.07 Å². The number of carbonyl (C=O) groups excluding carboxylic acids is 2. The number of amides is 2. The Labute approximate surface area is 199 Å². The summed E-state index contributed by atoms with van der Waals surface area (Å²) in [5, 5.41) is 11.8. The average molecular weight is 459 g/mol. The third-order valence-electron chi connectivity index (χ3n) is 5.29. The first-order chi connectivity index (χ1) is 16.3. The molecule has 2 amide bonds. The summed E-state index contributed by atoms with van der Waals surface area (Å²) in [6.45, 7) is 2.71. The highest BCUT2D eigenvalue weighted by Gasteiger charge is 2.18. The summed E-state index contributed by atoms with van der Waals surface area (Å²) in [6.07, 6.45) is 0. The fourth-order valence-corrected chi connectivity index (χ4v) is 3.46. The van der Waals surface area contributed by atoms with Crippen molar-refractivity contribution in [1.29, 1.82) is 5.26 Å². The molecule has 0 heterocycles. The molecule has 7 heteroatoms. The molecule has 0 spiro atoms. The molecule has 0 aliphatic heterocycles. The Morgan fingerprint density at radius 2 is 1.62 bits per heavy atom. The smallest absolute Gasteiger partial charge is 0.243 e. The lowest BCUT2D eigenvalue weighted by Gasteiger charge is -2.25. The van der Waals surface area contributed by atoms with Crippen LogP contribution in [0.3, 0.4) is 0 Å². The van der Waals surface area contributed by atoms with Gasteiger partial charge in [-0.3, -0.25) is 14.5 Å². The van der Waals surface area contributed by atoms with Gasteiger partial charge in [-0.2, -0.15) is 5.26 Å². The number of nitrogens with one attached hydrogen (secondary N) is 1. The summed E-state index contributed by atoms with van der Waals surface area (Å²) in [5.41, 5.74) is 3.97. The highest BCUT2D eigenvalue weighted by Crippen LogP contribution is 2.13. The van der Waals surface area contributed by atoms with E-state index in [4.69, 9.17) is 5.26 Å². The van der Waals surface area contributed by atoms with Gasteiger partial charge >= 0.3 is 0 Å². The van der Waals surface area contributed by atoms with Crippen molar-refractivity contribution in [3.63, 3.8) is 0 Å². The Morgan fingerprint density at radius 1 is 0.941 bits per heavy atom. The number of halogens is 1. The molecule has 0 atom stereocenters. The number of aryl methyl sites for hydroxylation is 1. The van der Waals surface area contributed by atoms with Crippen molar-refractivity contribution < 1.29 is 14.0 Å². The molecule has 3 rings (SSSR count). The Balaban J connectivity index is 1.65. The van der Waals surface area contributed by atoms with Gasteiger partial charge in [0.05, 0.1) is 24.7 Å². The Hall–Kier alpha value is -4.02. The second-order valence-corrected chi connectivity index (χ2v) is 8.25. The van der Waals surface area contributed by atoms with E-state index in [0.717, 1.165) is 16.7 Å². The van der Waals surface area contributed by atoms with Crippen molar-refractivity contribution in [2.75, 3.05) is 25.5 Å². The molecule has 3 aromatic rings. The monoisotopic (exact) mass is 458 g/mol.